The number of rotatable bonds is 0. The predicted molar refractivity (Wildman–Crippen MR) is 49.5 cm³/mol. The van der Waals surface area contributed by atoms with Crippen LogP contribution < -0.4 is 5.32 Å². The molecule has 0 amide bonds. The molecule has 0 aromatic rings. The summed E-state index contributed by atoms with van der Waals surface area (Å²) in [5.41, 5.74) is 0.265. The second-order valence-electron chi connectivity index (χ2n) is 4.56. The predicted octanol–water partition coefficient (Wildman–Crippen LogP) is 0.0722. The number of hydrogen-bond donors (Lipinski definition) is 1. The van der Waals surface area contributed by atoms with E-state index >= 15 is 0 Å². The van der Waals surface area contributed by atoms with Gasteiger partial charge in [-0.25, -0.2) is 0 Å². The summed E-state index contributed by atoms with van der Waals surface area (Å²) < 4.78 is 2.44. The Hall–Kier alpha value is -0.730. The molecule has 0 bridgehead atoms. The third-order valence-corrected chi connectivity index (χ3v) is 2.62. The Kier molecular flexibility index (Phi) is 1.56. The molecule has 2 aliphatic rings. The normalized spacial score (nSPS) is 23.1. The van der Waals surface area contributed by atoms with E-state index in [1.54, 1.807) is 0 Å². The lowest BCUT2D eigenvalue weighted by molar-refractivity contribution is -0.507. The average molecular weight is 168 g/mol. The van der Waals surface area contributed by atoms with Gasteiger partial charge in [-0.2, -0.15) is 0 Å². The van der Waals surface area contributed by atoms with Crippen LogP contribution in [0.5, 0.6) is 0 Å². The van der Waals surface area contributed by atoms with Crippen molar-refractivity contribution in [2.75, 3.05) is 26.2 Å². The molecule has 12 heavy (non-hydrogen) atoms. The van der Waals surface area contributed by atoms with Crippen molar-refractivity contribution < 1.29 is 4.58 Å². The molecule has 2 rings (SSSR count). The number of nitrogens with zero attached hydrogens (tertiary/aromatic N) is 2. The molecule has 0 saturated heterocycles. The van der Waals surface area contributed by atoms with Gasteiger partial charge in [-0.1, -0.05) is 0 Å². The topological polar surface area (TPSA) is 18.3 Å². The summed E-state index contributed by atoms with van der Waals surface area (Å²) in [5, 5.41) is 3.44. The molecule has 0 fully saturated rings. The molecule has 3 nitrogen and oxygen atoms in total. The fourth-order valence-corrected chi connectivity index (χ4v) is 1.98. The van der Waals surface area contributed by atoms with Crippen LogP contribution in [0.3, 0.4) is 0 Å². The summed E-state index contributed by atoms with van der Waals surface area (Å²) in [7, 11) is 0. The summed E-state index contributed by atoms with van der Waals surface area (Å²) in [4.78, 5) is 2.46. The van der Waals surface area contributed by atoms with E-state index < -0.39 is 0 Å². The first-order chi connectivity index (χ1) is 5.59. The van der Waals surface area contributed by atoms with Gasteiger partial charge in [-0.3, -0.25) is 14.8 Å². The van der Waals surface area contributed by atoms with Crippen molar-refractivity contribution in [3.63, 3.8) is 0 Å². The van der Waals surface area contributed by atoms with Crippen LogP contribution >= 0.6 is 0 Å². The summed E-state index contributed by atoms with van der Waals surface area (Å²) >= 11 is 0. The largest absolute Gasteiger partial charge is 0.348 e. The molecule has 0 atom stereocenters. The van der Waals surface area contributed by atoms with E-state index in [0.29, 0.717) is 0 Å². The van der Waals surface area contributed by atoms with Crippen molar-refractivity contribution >= 4 is 5.96 Å². The van der Waals surface area contributed by atoms with Crippen LogP contribution in [-0.2, 0) is 0 Å². The van der Waals surface area contributed by atoms with Crippen LogP contribution in [0.15, 0.2) is 0 Å². The van der Waals surface area contributed by atoms with Gasteiger partial charge in [0.2, 0.25) is 0 Å². The van der Waals surface area contributed by atoms with Gasteiger partial charge in [0.25, 0.3) is 0 Å². The molecule has 2 heterocycles. The molecule has 1 N–H and O–H groups in total. The van der Waals surface area contributed by atoms with Gasteiger partial charge < -0.3 is 0 Å². The highest BCUT2D eigenvalue weighted by atomic mass is 15.4. The van der Waals surface area contributed by atoms with Gasteiger partial charge in [-0.15, -0.1) is 0 Å². The maximum atomic E-state index is 3.44. The Labute approximate surface area is 74.1 Å². The van der Waals surface area contributed by atoms with Crippen molar-refractivity contribution in [2.24, 2.45) is 0 Å². The molecule has 2 aliphatic heterocycles. The SMILES string of the molecule is CC(C)(C)N1CC[N+]2=C1NCC2. The molecule has 0 saturated carbocycles. The third-order valence-electron chi connectivity index (χ3n) is 2.62. The van der Waals surface area contributed by atoms with Crippen molar-refractivity contribution in [3.8, 4) is 0 Å². The Morgan fingerprint density at radius 2 is 2.08 bits per heavy atom. The summed E-state index contributed by atoms with van der Waals surface area (Å²) in [6, 6.07) is 0. The lowest BCUT2D eigenvalue weighted by atomic mass is 10.1. The maximum Gasteiger partial charge on any atom is 0.348 e. The first-order valence-electron chi connectivity index (χ1n) is 4.72. The molecular formula is C9H18N3+. The fourth-order valence-electron chi connectivity index (χ4n) is 1.98. The Balaban J connectivity index is 2.21. The van der Waals surface area contributed by atoms with Crippen LogP contribution in [0.2, 0.25) is 0 Å². The van der Waals surface area contributed by atoms with E-state index in [4.69, 9.17) is 0 Å². The minimum absolute atomic E-state index is 0.265. The average Bonchev–Trinajstić information content (AvgIpc) is 2.37. The van der Waals surface area contributed by atoms with Crippen LogP contribution in [0.1, 0.15) is 20.8 Å². The molecule has 0 unspecified atom stereocenters. The van der Waals surface area contributed by atoms with Crippen LogP contribution in [-0.4, -0.2) is 47.2 Å². The van der Waals surface area contributed by atoms with E-state index in [9.17, 15) is 0 Å². The molecular weight excluding hydrogens is 150 g/mol. The number of nitrogens with one attached hydrogen (secondary N) is 1. The summed E-state index contributed by atoms with van der Waals surface area (Å²) in [5.74, 6) is 1.35. The van der Waals surface area contributed by atoms with Crippen molar-refractivity contribution in [2.45, 2.75) is 26.3 Å². The van der Waals surface area contributed by atoms with E-state index in [1.807, 2.05) is 0 Å². The first-order valence-corrected chi connectivity index (χ1v) is 4.72. The second kappa shape index (κ2) is 2.38. The smallest absolute Gasteiger partial charge is 0.275 e. The molecule has 3 heteroatoms. The highest BCUT2D eigenvalue weighted by Crippen LogP contribution is 2.17. The zero-order chi connectivity index (χ0) is 8.77. The summed E-state index contributed by atoms with van der Waals surface area (Å²) in [6.07, 6.45) is 0. The highest BCUT2D eigenvalue weighted by Gasteiger charge is 2.39. The van der Waals surface area contributed by atoms with E-state index in [1.165, 1.54) is 25.6 Å². The van der Waals surface area contributed by atoms with Gasteiger partial charge in [0, 0.05) is 0 Å². The molecule has 0 radical (unpaired) electrons. The zero-order valence-electron chi connectivity index (χ0n) is 8.22. The quantitative estimate of drug-likeness (QED) is 0.516. The van der Waals surface area contributed by atoms with Gasteiger partial charge in [0.1, 0.15) is 0 Å². The summed E-state index contributed by atoms with van der Waals surface area (Å²) in [6.45, 7) is 11.5. The number of hydrogen-bond acceptors (Lipinski definition) is 2. The Morgan fingerprint density at radius 3 is 2.75 bits per heavy atom. The van der Waals surface area contributed by atoms with E-state index in [0.717, 1.165) is 6.54 Å². The van der Waals surface area contributed by atoms with E-state index in [-0.39, 0.29) is 5.54 Å². The van der Waals surface area contributed by atoms with Crippen LogP contribution in [0.4, 0.5) is 0 Å². The maximum absolute atomic E-state index is 3.44. The minimum Gasteiger partial charge on any atom is -0.275 e. The fraction of sp³-hybridized carbons (Fsp3) is 0.889. The second-order valence-corrected chi connectivity index (χ2v) is 4.56. The zero-order valence-corrected chi connectivity index (χ0v) is 8.22. The lowest BCUT2D eigenvalue weighted by Gasteiger charge is -2.27. The third kappa shape index (κ3) is 1.08. The van der Waals surface area contributed by atoms with Gasteiger partial charge in [0.05, 0.1) is 31.7 Å². The van der Waals surface area contributed by atoms with Crippen molar-refractivity contribution in [1.82, 2.24) is 10.2 Å². The van der Waals surface area contributed by atoms with Gasteiger partial charge >= 0.3 is 5.96 Å². The Morgan fingerprint density at radius 1 is 1.33 bits per heavy atom. The van der Waals surface area contributed by atoms with Crippen LogP contribution in [0, 0.1) is 0 Å². The van der Waals surface area contributed by atoms with E-state index in [2.05, 4.69) is 35.6 Å². The highest BCUT2D eigenvalue weighted by molar-refractivity contribution is 5.77. The molecule has 0 aliphatic carbocycles. The van der Waals surface area contributed by atoms with Gasteiger partial charge in [-0.05, 0) is 20.8 Å². The minimum atomic E-state index is 0.265. The molecule has 0 aromatic carbocycles. The molecule has 0 spiro atoms. The number of guanidine groups is 1. The van der Waals surface area contributed by atoms with Crippen molar-refractivity contribution in [1.29, 1.82) is 0 Å². The van der Waals surface area contributed by atoms with Crippen LogP contribution in [0.25, 0.3) is 0 Å². The first kappa shape index (κ1) is 7.90. The standard InChI is InChI=1S/C9H17N3/c1-9(2,3)12-7-6-11-5-4-10-8(11)12/h4-7H2,1-3H3/p+1. The van der Waals surface area contributed by atoms with Crippen molar-refractivity contribution in [3.05, 3.63) is 0 Å². The molecule has 0 aromatic heterocycles. The monoisotopic (exact) mass is 168 g/mol. The lowest BCUT2D eigenvalue weighted by Crippen LogP contribution is -2.48. The van der Waals surface area contributed by atoms with Gasteiger partial charge in [0.15, 0.2) is 0 Å². The Bertz CT molecular complexity index is 224. The molecule has 68 valence electrons.